The first kappa shape index (κ1) is 33.6. The predicted molar refractivity (Wildman–Crippen MR) is 124 cm³/mol. The fraction of sp³-hybridized carbons (Fsp3) is 0.269. The molecule has 154 valence electrons. The van der Waals surface area contributed by atoms with Crippen LogP contribution in [0.1, 0.15) is 37.0 Å². The van der Waals surface area contributed by atoms with Gasteiger partial charge in [0.2, 0.25) is 0 Å². The van der Waals surface area contributed by atoms with E-state index in [1.807, 2.05) is 30.3 Å². The molecule has 1 aliphatic carbocycles. The molecule has 3 aromatic rings. The van der Waals surface area contributed by atoms with E-state index < -0.39 is 0 Å². The largest absolute Gasteiger partial charge is 0.358 e. The van der Waals surface area contributed by atoms with Gasteiger partial charge in [0.15, 0.2) is 0 Å². The van der Waals surface area contributed by atoms with E-state index in [0.717, 1.165) is 5.92 Å². The Labute approximate surface area is 189 Å². The van der Waals surface area contributed by atoms with Crippen LogP contribution in [-0.2, 0) is 45.1 Å². The average Bonchev–Trinajstić information content (AvgIpc) is 3.19. The molecule has 0 heterocycles. The molecule has 1 aliphatic rings. The van der Waals surface area contributed by atoms with Gasteiger partial charge in [-0.05, 0) is 19.3 Å². The first-order valence-electron chi connectivity index (χ1n) is 8.11. The normalized spacial score (nSPS) is 10.3. The second-order valence-corrected chi connectivity index (χ2v) is 6.48. The summed E-state index contributed by atoms with van der Waals surface area (Å²) in [6, 6.07) is 19.5. The molecule has 1 heteroatoms. The summed E-state index contributed by atoms with van der Waals surface area (Å²) in [5, 5.41) is 2.96. The third-order valence-electron chi connectivity index (χ3n) is 4.26. The van der Waals surface area contributed by atoms with Crippen LogP contribution in [-0.4, -0.2) is 0 Å². The van der Waals surface area contributed by atoms with E-state index in [1.165, 1.54) is 36.5 Å². The summed E-state index contributed by atoms with van der Waals surface area (Å²) in [6.07, 6.45) is 5.14. The number of rotatable bonds is 2. The molecule has 0 aromatic heterocycles. The maximum atomic E-state index is 2.45. The van der Waals surface area contributed by atoms with E-state index in [0.29, 0.717) is 0 Å². The zero-order valence-electron chi connectivity index (χ0n) is 18.6. The van der Waals surface area contributed by atoms with Crippen LogP contribution in [0.3, 0.4) is 0 Å². The van der Waals surface area contributed by atoms with Crippen molar-refractivity contribution in [1.29, 1.82) is 0 Å². The fourth-order valence-electron chi connectivity index (χ4n) is 3.28. The predicted octanol–water partition coefficient (Wildman–Crippen LogP) is 7.90. The van der Waals surface area contributed by atoms with E-state index in [9.17, 15) is 0 Å². The molecular formula is C26H39Hf-7. The van der Waals surface area contributed by atoms with E-state index in [1.54, 1.807) is 16.7 Å². The topological polar surface area (TPSA) is 0 Å². The molecule has 0 atom stereocenters. The molecule has 0 amide bonds. The Morgan fingerprint density at radius 1 is 0.926 bits per heavy atom. The summed E-state index contributed by atoms with van der Waals surface area (Å²) < 4.78 is 0. The zero-order valence-corrected chi connectivity index (χ0v) is 22.2. The second-order valence-electron chi connectivity index (χ2n) is 6.48. The molecule has 0 saturated heterocycles. The van der Waals surface area contributed by atoms with Gasteiger partial charge < -0.3 is 37.1 Å². The summed E-state index contributed by atoms with van der Waals surface area (Å²) in [5.41, 5.74) is 4.73. The maximum absolute atomic E-state index is 2.45. The Balaban J connectivity index is -0.000000214. The van der Waals surface area contributed by atoms with Gasteiger partial charge in [-0.2, -0.15) is 24.3 Å². The number of aryl methyl sites for hydroxylation is 2. The van der Waals surface area contributed by atoms with Crippen molar-refractivity contribution in [3.8, 4) is 0 Å². The quantitative estimate of drug-likeness (QED) is 0.234. The SMILES string of the molecule is CC(C)C[c-]1ccc2cc3c(cc21)CCC3.[CH3-].[CH3-].[CH3-].[CH3-].[CH3-].[Hf].c1cc[cH-]c1. The van der Waals surface area contributed by atoms with Crippen LogP contribution >= 0.6 is 0 Å². The minimum atomic E-state index is 0. The Bertz CT molecular complexity index is 669. The molecular weight excluding hydrogens is 491 g/mol. The second kappa shape index (κ2) is 16.0. The number of hydrogen-bond acceptors (Lipinski definition) is 0. The third-order valence-corrected chi connectivity index (χ3v) is 4.26. The number of hydrogen-bond donors (Lipinski definition) is 0. The summed E-state index contributed by atoms with van der Waals surface area (Å²) >= 11 is 0. The van der Waals surface area contributed by atoms with Crippen LogP contribution in [0.5, 0.6) is 0 Å². The molecule has 0 aliphatic heterocycles. The standard InChI is InChI=1S/C16H19.C5H5.5CH3.Hf/c1-11(2)8-14-6-7-15-9-12-4-3-5-13(12)10-16(14)15;1-2-4-5-3-1;;;;;;/h6-7,9-11H,3-5,8H2,1-2H3;1-5H;5*1H3;/q7*-1;. The van der Waals surface area contributed by atoms with E-state index in [2.05, 4.69) is 38.1 Å². The molecule has 0 fully saturated rings. The van der Waals surface area contributed by atoms with Crippen LogP contribution in [0.25, 0.3) is 10.8 Å². The molecule has 0 bridgehead atoms. The van der Waals surface area contributed by atoms with Crippen molar-refractivity contribution in [2.24, 2.45) is 5.92 Å². The van der Waals surface area contributed by atoms with Gasteiger partial charge in [-0.15, -0.1) is 34.5 Å². The average molecular weight is 530 g/mol. The first-order valence-corrected chi connectivity index (χ1v) is 8.11. The van der Waals surface area contributed by atoms with Gasteiger partial charge in [-0.1, -0.05) is 37.3 Å². The van der Waals surface area contributed by atoms with Crippen molar-refractivity contribution < 1.29 is 25.8 Å². The van der Waals surface area contributed by atoms with Gasteiger partial charge in [0.05, 0.1) is 0 Å². The maximum Gasteiger partial charge on any atom is 0 e. The Hall–Kier alpha value is -0.950. The molecule has 0 radical (unpaired) electrons. The van der Waals surface area contributed by atoms with Crippen LogP contribution in [0.2, 0.25) is 0 Å². The van der Waals surface area contributed by atoms with Gasteiger partial charge in [0.1, 0.15) is 0 Å². The van der Waals surface area contributed by atoms with E-state index in [-0.39, 0.29) is 63.0 Å². The Morgan fingerprint density at radius 3 is 1.96 bits per heavy atom. The van der Waals surface area contributed by atoms with Crippen LogP contribution in [0, 0.1) is 43.1 Å². The molecule has 4 rings (SSSR count). The van der Waals surface area contributed by atoms with Gasteiger partial charge >= 0.3 is 0 Å². The summed E-state index contributed by atoms with van der Waals surface area (Å²) in [7, 11) is 0. The minimum Gasteiger partial charge on any atom is -0.358 e. The van der Waals surface area contributed by atoms with Crippen LogP contribution < -0.4 is 0 Å². The monoisotopic (exact) mass is 531 g/mol. The van der Waals surface area contributed by atoms with Crippen molar-refractivity contribution in [3.63, 3.8) is 0 Å². The molecule has 0 nitrogen and oxygen atoms in total. The fourth-order valence-corrected chi connectivity index (χ4v) is 3.28. The van der Waals surface area contributed by atoms with E-state index in [4.69, 9.17) is 0 Å². The molecule has 0 N–H and O–H groups in total. The summed E-state index contributed by atoms with van der Waals surface area (Å²) in [6.45, 7) is 4.60. The van der Waals surface area contributed by atoms with Crippen LogP contribution in [0.15, 0.2) is 54.6 Å². The molecule has 0 unspecified atom stereocenters. The minimum absolute atomic E-state index is 0. The number of fused-ring (bicyclic) bond motifs is 2. The van der Waals surface area contributed by atoms with Gasteiger partial charge in [-0.3, -0.25) is 0 Å². The molecule has 0 spiro atoms. The van der Waals surface area contributed by atoms with Crippen molar-refractivity contribution in [1.82, 2.24) is 0 Å². The molecule has 27 heavy (non-hydrogen) atoms. The van der Waals surface area contributed by atoms with Crippen molar-refractivity contribution in [2.75, 3.05) is 0 Å². The number of benzene rings is 1. The van der Waals surface area contributed by atoms with Gasteiger partial charge in [-0.25, -0.2) is 12.1 Å². The van der Waals surface area contributed by atoms with Crippen molar-refractivity contribution in [3.05, 3.63) is 108 Å². The smallest absolute Gasteiger partial charge is 0 e. The van der Waals surface area contributed by atoms with Crippen molar-refractivity contribution in [2.45, 2.75) is 39.5 Å². The third kappa shape index (κ3) is 8.73. The molecule has 0 saturated carbocycles. The zero-order chi connectivity index (χ0) is 14.7. The van der Waals surface area contributed by atoms with Gasteiger partial charge in [0.25, 0.3) is 0 Å². The Morgan fingerprint density at radius 2 is 1.48 bits per heavy atom. The van der Waals surface area contributed by atoms with Crippen molar-refractivity contribution >= 4 is 10.8 Å². The first-order chi connectivity index (χ1) is 10.2. The Kier molecular flexibility index (Phi) is 20.0. The summed E-state index contributed by atoms with van der Waals surface area (Å²) in [4.78, 5) is 0. The molecule has 3 aromatic carbocycles. The van der Waals surface area contributed by atoms with E-state index >= 15 is 0 Å². The van der Waals surface area contributed by atoms with Gasteiger partial charge in [0, 0.05) is 25.8 Å². The summed E-state index contributed by atoms with van der Waals surface area (Å²) in [5.74, 6) is 0.749. The van der Waals surface area contributed by atoms with Crippen LogP contribution in [0.4, 0.5) is 0 Å².